The molecule has 3 heteroatoms. The fraction of sp³-hybridized carbons (Fsp3) is 0.143. The van der Waals surface area contributed by atoms with Crippen LogP contribution in [0.4, 0.5) is 11.4 Å². The predicted molar refractivity (Wildman–Crippen MR) is 104 cm³/mol. The average molecular weight is 310 g/mol. The first kappa shape index (κ1) is 14.7. The molecule has 3 aromatic rings. The van der Waals surface area contributed by atoms with E-state index in [4.69, 9.17) is 0 Å². The monoisotopic (exact) mass is 310 g/mol. The number of rotatable bonds is 2. The molecule has 1 N–H and O–H groups in total. The lowest BCUT2D eigenvalue weighted by Gasteiger charge is -2.35. The predicted octanol–water partition coefficient (Wildman–Crippen LogP) is 4.63. The van der Waals surface area contributed by atoms with Gasteiger partial charge in [-0.3, -0.25) is 0 Å². The fourth-order valence-corrected chi connectivity index (χ4v) is 3.36. The standard InChI is InChI=1S/C21H19BN2/c1-3-14-22-23-19-8-4-6-18-7-5-9-20(21(18)19)24(22)15-17-12-10-16(2)11-13-17/h4-13,23H,15H2,1-2H3. The second kappa shape index (κ2) is 5.98. The second-order valence-electron chi connectivity index (χ2n) is 6.24. The highest BCUT2D eigenvalue weighted by Gasteiger charge is 2.30. The van der Waals surface area contributed by atoms with Crippen molar-refractivity contribution in [3.05, 3.63) is 71.8 Å². The maximum atomic E-state index is 3.60. The minimum absolute atomic E-state index is 0.0168. The van der Waals surface area contributed by atoms with Gasteiger partial charge in [0, 0.05) is 23.3 Å². The van der Waals surface area contributed by atoms with E-state index in [-0.39, 0.29) is 6.98 Å². The van der Waals surface area contributed by atoms with Crippen molar-refractivity contribution < 1.29 is 0 Å². The van der Waals surface area contributed by atoms with Crippen molar-refractivity contribution in [2.24, 2.45) is 0 Å². The summed E-state index contributed by atoms with van der Waals surface area (Å²) in [6, 6.07) is 21.6. The Kier molecular flexibility index (Phi) is 3.67. The highest BCUT2D eigenvalue weighted by atomic mass is 15.2. The van der Waals surface area contributed by atoms with Gasteiger partial charge in [-0.2, -0.15) is 0 Å². The molecule has 0 saturated carbocycles. The van der Waals surface area contributed by atoms with E-state index in [0.29, 0.717) is 0 Å². The molecule has 24 heavy (non-hydrogen) atoms. The third-order valence-corrected chi connectivity index (χ3v) is 4.55. The lowest BCUT2D eigenvalue weighted by atomic mass is 9.71. The number of benzene rings is 3. The van der Waals surface area contributed by atoms with Crippen molar-refractivity contribution in [2.45, 2.75) is 20.4 Å². The van der Waals surface area contributed by atoms with Crippen molar-refractivity contribution in [1.82, 2.24) is 0 Å². The summed E-state index contributed by atoms with van der Waals surface area (Å²) in [5.41, 5.74) is 4.99. The van der Waals surface area contributed by atoms with Crippen LogP contribution < -0.4 is 10.0 Å². The number of aryl methyl sites for hydroxylation is 1. The van der Waals surface area contributed by atoms with E-state index in [1.807, 2.05) is 6.92 Å². The highest BCUT2D eigenvalue weighted by molar-refractivity contribution is 6.75. The van der Waals surface area contributed by atoms with Gasteiger partial charge in [-0.05, 0) is 36.9 Å². The lowest BCUT2D eigenvalue weighted by Crippen LogP contribution is -2.47. The molecule has 0 unspecified atom stereocenters. The van der Waals surface area contributed by atoms with Crippen LogP contribution in [0, 0.1) is 18.7 Å². The van der Waals surface area contributed by atoms with E-state index < -0.39 is 0 Å². The van der Waals surface area contributed by atoms with Crippen LogP contribution in [0.1, 0.15) is 18.1 Å². The average Bonchev–Trinajstić information content (AvgIpc) is 2.60. The molecule has 2 nitrogen and oxygen atoms in total. The minimum Gasteiger partial charge on any atom is -0.398 e. The zero-order chi connectivity index (χ0) is 16.5. The first-order valence-electron chi connectivity index (χ1n) is 8.29. The molecule has 1 aliphatic rings. The second-order valence-corrected chi connectivity index (χ2v) is 6.24. The van der Waals surface area contributed by atoms with Crippen molar-refractivity contribution in [3.63, 3.8) is 0 Å². The fourth-order valence-electron chi connectivity index (χ4n) is 3.36. The van der Waals surface area contributed by atoms with E-state index in [0.717, 1.165) is 12.2 Å². The minimum atomic E-state index is -0.0168. The summed E-state index contributed by atoms with van der Waals surface area (Å²) in [5, 5.41) is 6.13. The molecule has 1 aliphatic heterocycles. The van der Waals surface area contributed by atoms with Gasteiger partial charge in [0.05, 0.1) is 0 Å². The van der Waals surface area contributed by atoms with Crippen LogP contribution in [0.3, 0.4) is 0 Å². The summed E-state index contributed by atoms with van der Waals surface area (Å²) in [5.74, 6) is 6.39. The largest absolute Gasteiger partial charge is 0.463 e. The number of hydrogen-bond acceptors (Lipinski definition) is 2. The third kappa shape index (κ3) is 2.51. The molecule has 0 saturated heterocycles. The van der Waals surface area contributed by atoms with Gasteiger partial charge >= 0.3 is 6.98 Å². The molecule has 0 spiro atoms. The Morgan fingerprint density at radius 3 is 2.50 bits per heavy atom. The van der Waals surface area contributed by atoms with Crippen LogP contribution in [0.5, 0.6) is 0 Å². The van der Waals surface area contributed by atoms with Gasteiger partial charge < -0.3 is 10.0 Å². The Labute approximate surface area is 143 Å². The quantitative estimate of drug-likeness (QED) is 0.548. The number of anilines is 2. The van der Waals surface area contributed by atoms with E-state index in [1.54, 1.807) is 0 Å². The molecule has 0 bridgehead atoms. The Balaban J connectivity index is 1.83. The smallest absolute Gasteiger partial charge is 0.398 e. The molecular weight excluding hydrogens is 291 g/mol. The van der Waals surface area contributed by atoms with Gasteiger partial charge in [0.15, 0.2) is 0 Å². The molecule has 0 amide bonds. The van der Waals surface area contributed by atoms with Crippen LogP contribution in [-0.2, 0) is 6.54 Å². The highest BCUT2D eigenvalue weighted by Crippen LogP contribution is 2.37. The maximum absolute atomic E-state index is 3.60. The summed E-state index contributed by atoms with van der Waals surface area (Å²) in [6.45, 7) is 4.83. The topological polar surface area (TPSA) is 15.3 Å². The summed E-state index contributed by atoms with van der Waals surface area (Å²) >= 11 is 0. The van der Waals surface area contributed by atoms with Crippen molar-refractivity contribution in [2.75, 3.05) is 10.0 Å². The lowest BCUT2D eigenvalue weighted by molar-refractivity contribution is 1.03. The van der Waals surface area contributed by atoms with Crippen LogP contribution in [-0.4, -0.2) is 6.98 Å². The summed E-state index contributed by atoms with van der Waals surface area (Å²) in [7, 11) is 0. The van der Waals surface area contributed by atoms with Crippen LogP contribution in [0.25, 0.3) is 10.8 Å². The van der Waals surface area contributed by atoms with Crippen molar-refractivity contribution >= 4 is 29.1 Å². The molecular formula is C21H19BN2. The van der Waals surface area contributed by atoms with Crippen molar-refractivity contribution in [3.8, 4) is 11.7 Å². The molecule has 0 aromatic heterocycles. The Morgan fingerprint density at radius 1 is 1.00 bits per heavy atom. The van der Waals surface area contributed by atoms with E-state index >= 15 is 0 Å². The molecule has 0 aliphatic carbocycles. The summed E-state index contributed by atoms with van der Waals surface area (Å²) in [6.07, 6.45) is 0. The SMILES string of the molecule is CC#CB1Nc2cccc3cccc(c23)N1Cc1ccc(C)cc1. The van der Waals surface area contributed by atoms with E-state index in [9.17, 15) is 0 Å². The van der Waals surface area contributed by atoms with Crippen molar-refractivity contribution in [1.29, 1.82) is 0 Å². The number of nitrogens with one attached hydrogen (secondary N) is 1. The summed E-state index contributed by atoms with van der Waals surface area (Å²) in [4.78, 5) is 2.36. The Hall–Kier alpha value is -2.86. The first-order valence-corrected chi connectivity index (χ1v) is 8.29. The van der Waals surface area contributed by atoms with Gasteiger partial charge in [0.2, 0.25) is 0 Å². The number of nitrogens with zero attached hydrogens (tertiary/aromatic N) is 1. The molecule has 0 atom stereocenters. The molecule has 0 fully saturated rings. The Morgan fingerprint density at radius 2 is 1.75 bits per heavy atom. The van der Waals surface area contributed by atoms with E-state index in [1.165, 1.54) is 27.6 Å². The zero-order valence-electron chi connectivity index (χ0n) is 14.0. The number of hydrogen-bond donors (Lipinski definition) is 1. The van der Waals surface area contributed by atoms with Gasteiger partial charge in [0.1, 0.15) is 0 Å². The van der Waals surface area contributed by atoms with Crippen LogP contribution in [0.2, 0.25) is 0 Å². The normalized spacial score (nSPS) is 12.6. The zero-order valence-corrected chi connectivity index (χ0v) is 14.0. The first-order chi connectivity index (χ1) is 11.8. The molecule has 1 heterocycles. The third-order valence-electron chi connectivity index (χ3n) is 4.55. The molecule has 116 valence electrons. The van der Waals surface area contributed by atoms with Gasteiger partial charge in [-0.1, -0.05) is 59.9 Å². The van der Waals surface area contributed by atoms with Crippen LogP contribution >= 0.6 is 0 Å². The van der Waals surface area contributed by atoms with Gasteiger partial charge in [-0.15, -0.1) is 5.92 Å². The molecule has 4 rings (SSSR count). The molecule has 0 radical (unpaired) electrons. The van der Waals surface area contributed by atoms with Gasteiger partial charge in [-0.25, -0.2) is 0 Å². The molecule has 3 aromatic carbocycles. The van der Waals surface area contributed by atoms with Crippen LogP contribution in [0.15, 0.2) is 60.7 Å². The van der Waals surface area contributed by atoms with E-state index in [2.05, 4.69) is 89.4 Å². The maximum Gasteiger partial charge on any atom is 0.463 e. The Bertz CT molecular complexity index is 946. The van der Waals surface area contributed by atoms with Gasteiger partial charge in [0.25, 0.3) is 0 Å². The summed E-state index contributed by atoms with van der Waals surface area (Å²) < 4.78 is 0.